The summed E-state index contributed by atoms with van der Waals surface area (Å²) < 4.78 is 5.86. The van der Waals surface area contributed by atoms with Crippen LogP contribution in [0.5, 0.6) is 0 Å². The highest BCUT2D eigenvalue weighted by molar-refractivity contribution is 5.66. The zero-order valence-electron chi connectivity index (χ0n) is 24.1. The van der Waals surface area contributed by atoms with Crippen molar-refractivity contribution in [3.63, 3.8) is 0 Å². The molecule has 5 fully saturated rings. The molecule has 0 aromatic carbocycles. The van der Waals surface area contributed by atoms with Crippen LogP contribution < -0.4 is 0 Å². The normalized spacial score (nSPS) is 54.5. The molecule has 13 atom stereocenters. The van der Waals surface area contributed by atoms with Crippen LogP contribution in [0.1, 0.15) is 107 Å². The molecule has 5 rings (SSSR count). The number of hydrogen-bond acceptors (Lipinski definition) is 3. The van der Waals surface area contributed by atoms with E-state index in [-0.39, 0.29) is 17.5 Å². The van der Waals surface area contributed by atoms with E-state index in [0.717, 1.165) is 48.9 Å². The molecule has 35 heavy (non-hydrogen) atoms. The van der Waals surface area contributed by atoms with E-state index in [1.807, 2.05) is 0 Å². The zero-order valence-corrected chi connectivity index (χ0v) is 24.1. The van der Waals surface area contributed by atoms with Crippen molar-refractivity contribution in [2.24, 2.45) is 75.9 Å². The first-order chi connectivity index (χ1) is 16.2. The highest BCUT2D eigenvalue weighted by atomic mass is 16.5. The van der Waals surface area contributed by atoms with Crippen LogP contribution in [0.4, 0.5) is 0 Å². The Kier molecular flexibility index (Phi) is 6.30. The smallest absolute Gasteiger partial charge is 0.302 e. The summed E-state index contributed by atoms with van der Waals surface area (Å²) in [6, 6.07) is 0. The van der Waals surface area contributed by atoms with Gasteiger partial charge in [0, 0.05) is 12.3 Å². The van der Waals surface area contributed by atoms with E-state index in [4.69, 9.17) is 4.74 Å². The minimum atomic E-state index is -0.640. The molecule has 3 heteroatoms. The molecular weight excluding hydrogens is 432 g/mol. The van der Waals surface area contributed by atoms with Crippen molar-refractivity contribution in [3.8, 4) is 0 Å². The Hall–Kier alpha value is -0.570. The van der Waals surface area contributed by atoms with Gasteiger partial charge in [-0.05, 0) is 122 Å². The number of hydrogen-bond donors (Lipinski definition) is 1. The summed E-state index contributed by atoms with van der Waals surface area (Å²) in [6.45, 7) is 21.0. The first-order valence-corrected chi connectivity index (χ1v) is 15.1. The Morgan fingerprint density at radius 3 is 2.14 bits per heavy atom. The first kappa shape index (κ1) is 26.1. The average Bonchev–Trinajstić information content (AvgIpc) is 2.73. The Morgan fingerprint density at radius 2 is 1.49 bits per heavy atom. The van der Waals surface area contributed by atoms with Crippen molar-refractivity contribution >= 4 is 5.97 Å². The van der Waals surface area contributed by atoms with Crippen molar-refractivity contribution in [3.05, 3.63) is 0 Å². The van der Waals surface area contributed by atoms with Crippen molar-refractivity contribution in [1.29, 1.82) is 0 Å². The minimum Gasteiger partial charge on any atom is -0.462 e. The molecule has 5 aliphatic carbocycles. The molecule has 0 aromatic heterocycles. The number of rotatable bonds is 1. The molecule has 0 heterocycles. The van der Waals surface area contributed by atoms with Crippen LogP contribution in [0.25, 0.3) is 0 Å². The summed E-state index contributed by atoms with van der Waals surface area (Å²) in [4.78, 5) is 11.9. The van der Waals surface area contributed by atoms with Gasteiger partial charge in [-0.2, -0.15) is 0 Å². The van der Waals surface area contributed by atoms with Gasteiger partial charge < -0.3 is 9.84 Å². The highest BCUT2D eigenvalue weighted by Crippen LogP contribution is 2.68. The van der Waals surface area contributed by atoms with Gasteiger partial charge in [-0.25, -0.2) is 0 Å². The SMILES string of the molecule is CC(=O)OC1CCC2C3C(C4C[C@@H](C)C5CCC(C)(C)[C@H](C)C5C4C[C@H]3C)[C@](C)(O)CC2C1(C)C. The number of fused-ring (bicyclic) bond motifs is 7. The molecule has 1 N–H and O–H groups in total. The van der Waals surface area contributed by atoms with Crippen LogP contribution in [0, 0.1) is 75.9 Å². The standard InChI is InChI=1S/C32H54O3/c1-17-14-24-23(28-19(3)30(5,6)13-12-21(17)28)15-18(2)27-22-10-11-26(35-20(4)33)31(7,8)25(22)16-32(9,34)29(24)27/h17-19,21-29,34H,10-16H2,1-9H3/t17-,18-,19-,21?,22?,23?,24?,25?,26?,27?,28?,29?,32-/m1/s1. The van der Waals surface area contributed by atoms with Gasteiger partial charge >= 0.3 is 5.97 Å². The molecular formula is C32H54O3. The summed E-state index contributed by atoms with van der Waals surface area (Å²) in [7, 11) is 0. The van der Waals surface area contributed by atoms with Crippen molar-refractivity contribution in [2.75, 3.05) is 0 Å². The topological polar surface area (TPSA) is 46.5 Å². The van der Waals surface area contributed by atoms with Gasteiger partial charge in [0.05, 0.1) is 5.60 Å². The summed E-state index contributed by atoms with van der Waals surface area (Å²) in [5, 5.41) is 12.3. The van der Waals surface area contributed by atoms with E-state index in [9.17, 15) is 9.90 Å². The molecule has 5 aliphatic rings. The number of carbonyl (C=O) groups is 1. The van der Waals surface area contributed by atoms with Gasteiger partial charge in [-0.3, -0.25) is 4.79 Å². The second-order valence-corrected chi connectivity index (χ2v) is 15.7. The molecule has 0 spiro atoms. The fourth-order valence-corrected chi connectivity index (χ4v) is 11.4. The minimum absolute atomic E-state index is 0.0268. The summed E-state index contributed by atoms with van der Waals surface area (Å²) in [6.07, 6.45) is 8.42. The largest absolute Gasteiger partial charge is 0.462 e. The van der Waals surface area contributed by atoms with E-state index < -0.39 is 5.60 Å². The lowest BCUT2D eigenvalue weighted by Gasteiger charge is -2.67. The number of ether oxygens (including phenoxy) is 1. The Morgan fingerprint density at radius 1 is 0.829 bits per heavy atom. The van der Waals surface area contributed by atoms with Crippen molar-refractivity contribution in [2.45, 2.75) is 119 Å². The Labute approximate surface area is 215 Å². The highest BCUT2D eigenvalue weighted by Gasteiger charge is 2.65. The van der Waals surface area contributed by atoms with E-state index in [0.29, 0.717) is 40.9 Å². The lowest BCUT2D eigenvalue weighted by molar-refractivity contribution is -0.234. The van der Waals surface area contributed by atoms with Crippen LogP contribution in [-0.2, 0) is 9.53 Å². The molecule has 0 amide bonds. The fraction of sp³-hybridized carbons (Fsp3) is 0.969. The second-order valence-electron chi connectivity index (χ2n) is 15.7. The second kappa shape index (κ2) is 8.47. The predicted octanol–water partition coefficient (Wildman–Crippen LogP) is 7.36. The van der Waals surface area contributed by atoms with E-state index >= 15 is 0 Å². The van der Waals surface area contributed by atoms with Gasteiger partial charge in [-0.1, -0.05) is 48.5 Å². The van der Waals surface area contributed by atoms with E-state index in [2.05, 4.69) is 55.4 Å². The molecule has 200 valence electrons. The first-order valence-electron chi connectivity index (χ1n) is 15.1. The third kappa shape index (κ3) is 3.95. The third-order valence-electron chi connectivity index (χ3n) is 13.2. The zero-order chi connectivity index (χ0) is 25.7. The van der Waals surface area contributed by atoms with Crippen LogP contribution >= 0.6 is 0 Å². The average molecular weight is 487 g/mol. The van der Waals surface area contributed by atoms with Gasteiger partial charge in [0.1, 0.15) is 6.10 Å². The van der Waals surface area contributed by atoms with Crippen LogP contribution in [-0.4, -0.2) is 22.8 Å². The summed E-state index contributed by atoms with van der Waals surface area (Å²) in [5.41, 5.74) is -0.298. The Balaban J connectivity index is 1.49. The lowest BCUT2D eigenvalue weighted by atomic mass is 9.38. The van der Waals surface area contributed by atoms with Gasteiger partial charge in [-0.15, -0.1) is 0 Å². The Bertz CT molecular complexity index is 825. The van der Waals surface area contributed by atoms with E-state index in [1.54, 1.807) is 6.92 Å². The number of aliphatic hydroxyl groups is 1. The van der Waals surface area contributed by atoms with Gasteiger partial charge in [0.2, 0.25) is 0 Å². The molecule has 0 radical (unpaired) electrons. The molecule has 0 bridgehead atoms. The molecule has 0 aliphatic heterocycles. The van der Waals surface area contributed by atoms with E-state index in [1.165, 1.54) is 25.7 Å². The van der Waals surface area contributed by atoms with Gasteiger partial charge in [0.15, 0.2) is 0 Å². The van der Waals surface area contributed by atoms with Crippen molar-refractivity contribution < 1.29 is 14.6 Å². The molecule has 0 aromatic rings. The monoisotopic (exact) mass is 486 g/mol. The van der Waals surface area contributed by atoms with Crippen LogP contribution in [0.2, 0.25) is 0 Å². The van der Waals surface area contributed by atoms with Crippen LogP contribution in [0.3, 0.4) is 0 Å². The summed E-state index contributed by atoms with van der Waals surface area (Å²) in [5.74, 6) is 7.24. The third-order valence-corrected chi connectivity index (χ3v) is 13.2. The van der Waals surface area contributed by atoms with Crippen molar-refractivity contribution in [1.82, 2.24) is 0 Å². The number of carbonyl (C=O) groups excluding carboxylic acids is 1. The molecule has 0 saturated heterocycles. The summed E-state index contributed by atoms with van der Waals surface area (Å²) >= 11 is 0. The molecule has 5 saturated carbocycles. The fourth-order valence-electron chi connectivity index (χ4n) is 11.4. The molecule has 9 unspecified atom stereocenters. The maximum atomic E-state index is 12.3. The maximum absolute atomic E-state index is 12.3. The lowest BCUT2D eigenvalue weighted by Crippen LogP contribution is -2.65. The van der Waals surface area contributed by atoms with Crippen LogP contribution in [0.15, 0.2) is 0 Å². The number of esters is 1. The van der Waals surface area contributed by atoms with Gasteiger partial charge in [0.25, 0.3) is 0 Å². The maximum Gasteiger partial charge on any atom is 0.302 e. The molecule has 3 nitrogen and oxygen atoms in total. The quantitative estimate of drug-likeness (QED) is 0.394. The predicted molar refractivity (Wildman–Crippen MR) is 141 cm³/mol.